The highest BCUT2D eigenvalue weighted by atomic mass is 16.2. The number of amides is 1. The minimum atomic E-state index is 0.109. The molecule has 114 valence electrons. The average molecular weight is 279 g/mol. The van der Waals surface area contributed by atoms with Crippen molar-refractivity contribution in [2.75, 3.05) is 12.3 Å². The summed E-state index contributed by atoms with van der Waals surface area (Å²) in [7, 11) is 0. The molecule has 4 heteroatoms. The van der Waals surface area contributed by atoms with Gasteiger partial charge in [-0.15, -0.1) is 0 Å². The summed E-state index contributed by atoms with van der Waals surface area (Å²) in [5, 5.41) is 0. The Balaban J connectivity index is 2.98. The summed E-state index contributed by atoms with van der Waals surface area (Å²) >= 11 is 0. The number of hydrogen-bond donors (Lipinski definition) is 1. The second-order valence-corrected chi connectivity index (χ2v) is 5.46. The normalized spacial score (nSPS) is 12.4. The molecule has 1 amide bonds. The van der Waals surface area contributed by atoms with Crippen LogP contribution in [0.1, 0.15) is 63.9 Å². The van der Waals surface area contributed by atoms with Crippen LogP contribution in [0.5, 0.6) is 0 Å². The summed E-state index contributed by atoms with van der Waals surface area (Å²) in [5.41, 5.74) is 7.26. The number of anilines is 1. The molecule has 2 N–H and O–H groups in total. The zero-order valence-electron chi connectivity index (χ0n) is 13.4. The largest absolute Gasteiger partial charge is 0.397 e. The third-order valence-corrected chi connectivity index (χ3v) is 3.74. The first kappa shape index (κ1) is 16.6. The quantitative estimate of drug-likeness (QED) is 0.791. The summed E-state index contributed by atoms with van der Waals surface area (Å²) in [6.07, 6.45) is 5.97. The van der Waals surface area contributed by atoms with Gasteiger partial charge in [0.2, 0.25) is 0 Å². The van der Waals surface area contributed by atoms with E-state index < -0.39 is 0 Å². The Kier molecular flexibility index (Phi) is 6.62. The fourth-order valence-corrected chi connectivity index (χ4v) is 2.36. The summed E-state index contributed by atoms with van der Waals surface area (Å²) in [6, 6.07) is 2.07. The van der Waals surface area contributed by atoms with Crippen LogP contribution >= 0.6 is 0 Å². The van der Waals surface area contributed by atoms with Gasteiger partial charge in [-0.05, 0) is 32.3 Å². The highest BCUT2D eigenvalue weighted by molar-refractivity contribution is 5.94. The van der Waals surface area contributed by atoms with E-state index in [1.165, 1.54) is 0 Å². The number of rotatable bonds is 8. The Morgan fingerprint density at radius 2 is 2.05 bits per heavy atom. The SMILES string of the molecule is CCCCN(C(=O)c1cc(N)cn1CCC)C(C)CC. The molecule has 0 spiro atoms. The first-order valence-electron chi connectivity index (χ1n) is 7.81. The number of hydrogen-bond acceptors (Lipinski definition) is 2. The van der Waals surface area contributed by atoms with Crippen LogP contribution in [0.4, 0.5) is 5.69 Å². The van der Waals surface area contributed by atoms with Crippen molar-refractivity contribution in [2.45, 2.75) is 66.0 Å². The van der Waals surface area contributed by atoms with Crippen molar-refractivity contribution in [3.63, 3.8) is 0 Å². The Hall–Kier alpha value is -1.45. The lowest BCUT2D eigenvalue weighted by molar-refractivity contribution is 0.0674. The molecule has 1 rings (SSSR count). The van der Waals surface area contributed by atoms with Gasteiger partial charge in [-0.1, -0.05) is 27.2 Å². The number of carbonyl (C=O) groups excluding carboxylic acids is 1. The van der Waals surface area contributed by atoms with Crippen molar-refractivity contribution in [1.29, 1.82) is 0 Å². The number of nitrogens with two attached hydrogens (primary N) is 1. The second-order valence-electron chi connectivity index (χ2n) is 5.46. The van der Waals surface area contributed by atoms with E-state index in [-0.39, 0.29) is 11.9 Å². The summed E-state index contributed by atoms with van der Waals surface area (Å²) < 4.78 is 1.99. The topological polar surface area (TPSA) is 51.3 Å². The second kappa shape index (κ2) is 7.98. The third-order valence-electron chi connectivity index (χ3n) is 3.74. The maximum atomic E-state index is 12.8. The van der Waals surface area contributed by atoms with E-state index in [1.807, 2.05) is 15.7 Å². The van der Waals surface area contributed by atoms with Gasteiger partial charge in [0.1, 0.15) is 5.69 Å². The van der Waals surface area contributed by atoms with E-state index in [9.17, 15) is 4.79 Å². The van der Waals surface area contributed by atoms with Crippen LogP contribution in [0.3, 0.4) is 0 Å². The number of nitrogen functional groups attached to an aromatic ring is 1. The number of carbonyl (C=O) groups is 1. The van der Waals surface area contributed by atoms with Gasteiger partial charge in [0.05, 0.1) is 5.69 Å². The molecule has 1 aromatic heterocycles. The Morgan fingerprint density at radius 3 is 2.60 bits per heavy atom. The molecule has 0 aliphatic heterocycles. The van der Waals surface area contributed by atoms with Crippen molar-refractivity contribution in [2.24, 2.45) is 0 Å². The Labute approximate surface area is 122 Å². The highest BCUT2D eigenvalue weighted by Gasteiger charge is 2.22. The maximum Gasteiger partial charge on any atom is 0.270 e. The summed E-state index contributed by atoms with van der Waals surface area (Å²) in [4.78, 5) is 14.8. The van der Waals surface area contributed by atoms with Crippen molar-refractivity contribution in [3.05, 3.63) is 18.0 Å². The fraction of sp³-hybridized carbons (Fsp3) is 0.688. The van der Waals surface area contributed by atoms with Gasteiger partial charge >= 0.3 is 0 Å². The zero-order valence-corrected chi connectivity index (χ0v) is 13.4. The molecule has 0 aromatic carbocycles. The number of unbranched alkanes of at least 4 members (excludes halogenated alkanes) is 1. The van der Waals surface area contributed by atoms with Gasteiger partial charge in [0.15, 0.2) is 0 Å². The molecule has 1 heterocycles. The van der Waals surface area contributed by atoms with Crippen molar-refractivity contribution < 1.29 is 4.79 Å². The predicted octanol–water partition coefficient (Wildman–Crippen LogP) is 3.52. The minimum absolute atomic E-state index is 0.109. The van der Waals surface area contributed by atoms with E-state index in [4.69, 9.17) is 5.73 Å². The smallest absolute Gasteiger partial charge is 0.270 e. The van der Waals surface area contributed by atoms with Crippen LogP contribution in [0.15, 0.2) is 12.3 Å². The molecular formula is C16H29N3O. The Morgan fingerprint density at radius 1 is 1.35 bits per heavy atom. The molecule has 0 radical (unpaired) electrons. The van der Waals surface area contributed by atoms with E-state index in [1.54, 1.807) is 6.07 Å². The van der Waals surface area contributed by atoms with Crippen molar-refractivity contribution in [1.82, 2.24) is 9.47 Å². The summed E-state index contributed by atoms with van der Waals surface area (Å²) in [6.45, 7) is 10.1. The molecule has 20 heavy (non-hydrogen) atoms. The first-order chi connectivity index (χ1) is 9.54. The van der Waals surface area contributed by atoms with Crippen molar-refractivity contribution >= 4 is 11.6 Å². The van der Waals surface area contributed by atoms with Crippen LogP contribution in [0.25, 0.3) is 0 Å². The van der Waals surface area contributed by atoms with Gasteiger partial charge < -0.3 is 15.2 Å². The minimum Gasteiger partial charge on any atom is -0.397 e. The lowest BCUT2D eigenvalue weighted by Crippen LogP contribution is -2.40. The number of aromatic nitrogens is 1. The lowest BCUT2D eigenvalue weighted by atomic mass is 10.1. The molecule has 1 aromatic rings. The van der Waals surface area contributed by atoms with E-state index >= 15 is 0 Å². The van der Waals surface area contributed by atoms with Gasteiger partial charge in [-0.25, -0.2) is 0 Å². The standard InChI is InChI=1S/C16H29N3O/c1-5-8-10-19(13(4)7-3)16(20)15-11-14(17)12-18(15)9-6-2/h11-13H,5-10,17H2,1-4H3. The van der Waals surface area contributed by atoms with Gasteiger partial charge in [0, 0.05) is 25.3 Å². The number of nitrogens with zero attached hydrogens (tertiary/aromatic N) is 2. The Bertz CT molecular complexity index is 425. The van der Waals surface area contributed by atoms with Gasteiger partial charge in [-0.2, -0.15) is 0 Å². The van der Waals surface area contributed by atoms with E-state index in [0.29, 0.717) is 5.69 Å². The zero-order chi connectivity index (χ0) is 15.1. The molecular weight excluding hydrogens is 250 g/mol. The van der Waals surface area contributed by atoms with Gasteiger partial charge in [0.25, 0.3) is 5.91 Å². The third kappa shape index (κ3) is 4.02. The molecule has 0 aliphatic rings. The molecule has 0 saturated carbocycles. The van der Waals surface area contributed by atoms with Crippen LogP contribution in [-0.2, 0) is 6.54 Å². The monoisotopic (exact) mass is 279 g/mol. The maximum absolute atomic E-state index is 12.8. The molecule has 0 bridgehead atoms. The lowest BCUT2D eigenvalue weighted by Gasteiger charge is -2.29. The molecule has 0 aliphatic carbocycles. The van der Waals surface area contributed by atoms with Crippen LogP contribution < -0.4 is 5.73 Å². The number of aryl methyl sites for hydroxylation is 1. The van der Waals surface area contributed by atoms with Crippen LogP contribution in [-0.4, -0.2) is 28.0 Å². The summed E-state index contributed by atoms with van der Waals surface area (Å²) in [5.74, 6) is 0.109. The van der Waals surface area contributed by atoms with Crippen LogP contribution in [0, 0.1) is 0 Å². The van der Waals surface area contributed by atoms with E-state index in [0.717, 1.165) is 44.5 Å². The van der Waals surface area contributed by atoms with Crippen LogP contribution in [0.2, 0.25) is 0 Å². The first-order valence-corrected chi connectivity index (χ1v) is 7.81. The molecule has 1 unspecified atom stereocenters. The predicted molar refractivity (Wildman–Crippen MR) is 84.8 cm³/mol. The van der Waals surface area contributed by atoms with Gasteiger partial charge in [-0.3, -0.25) is 4.79 Å². The molecule has 0 fully saturated rings. The molecule has 0 saturated heterocycles. The average Bonchev–Trinajstić information content (AvgIpc) is 2.80. The fourth-order valence-electron chi connectivity index (χ4n) is 2.36. The molecule has 4 nitrogen and oxygen atoms in total. The highest BCUT2D eigenvalue weighted by Crippen LogP contribution is 2.17. The van der Waals surface area contributed by atoms with E-state index in [2.05, 4.69) is 27.7 Å². The van der Waals surface area contributed by atoms with Crippen molar-refractivity contribution in [3.8, 4) is 0 Å². The molecule has 1 atom stereocenters.